The summed E-state index contributed by atoms with van der Waals surface area (Å²) in [6.07, 6.45) is 3.39. The maximum Gasteiger partial charge on any atom is 0.141 e. The summed E-state index contributed by atoms with van der Waals surface area (Å²) in [4.78, 5) is 2.55. The van der Waals surface area contributed by atoms with Crippen LogP contribution in [0.3, 0.4) is 0 Å². The monoisotopic (exact) mass is 296 g/mol. The van der Waals surface area contributed by atoms with Crippen LogP contribution in [0.15, 0.2) is 42.5 Å². The van der Waals surface area contributed by atoms with Crippen molar-refractivity contribution in [3.8, 4) is 5.75 Å². The molecule has 2 aromatic carbocycles. The van der Waals surface area contributed by atoms with E-state index in [-0.39, 0.29) is 0 Å². The number of nitrogens with two attached hydrogens (primary N) is 1. The number of ether oxygens (including phenoxy) is 1. The van der Waals surface area contributed by atoms with Crippen LogP contribution >= 0.6 is 0 Å². The highest BCUT2D eigenvalue weighted by atomic mass is 16.5. The Bertz CT molecular complexity index is 639. The van der Waals surface area contributed by atoms with E-state index in [1.54, 1.807) is 7.11 Å². The summed E-state index contributed by atoms with van der Waals surface area (Å²) in [5.74, 6) is 0.761. The van der Waals surface area contributed by atoms with Crippen LogP contribution in [0.5, 0.6) is 5.75 Å². The third kappa shape index (κ3) is 3.42. The number of nitrogens with zero attached hydrogens (tertiary/aromatic N) is 1. The highest BCUT2D eigenvalue weighted by Gasteiger charge is 2.14. The van der Waals surface area contributed by atoms with Gasteiger partial charge >= 0.3 is 0 Å². The van der Waals surface area contributed by atoms with Gasteiger partial charge in [-0.3, -0.25) is 4.90 Å². The third-order valence-corrected chi connectivity index (χ3v) is 4.44. The number of anilines is 1. The van der Waals surface area contributed by atoms with Gasteiger partial charge in [-0.2, -0.15) is 0 Å². The summed E-state index contributed by atoms with van der Waals surface area (Å²) in [5, 5.41) is 0. The number of methoxy groups -OCH3 is 1. The number of rotatable bonds is 5. The molecule has 116 valence electrons. The van der Waals surface area contributed by atoms with Crippen molar-refractivity contribution in [1.82, 2.24) is 4.90 Å². The largest absolute Gasteiger partial charge is 0.495 e. The van der Waals surface area contributed by atoms with Crippen LogP contribution in [0, 0.1) is 0 Å². The summed E-state index contributed by atoms with van der Waals surface area (Å²) in [5.41, 5.74) is 11.0. The van der Waals surface area contributed by atoms with Crippen molar-refractivity contribution in [2.45, 2.75) is 25.8 Å². The molecule has 2 aromatic rings. The lowest BCUT2D eigenvalue weighted by molar-refractivity contribution is 0.251. The molecule has 3 rings (SSSR count). The minimum atomic E-state index is 0.729. The molecule has 0 bridgehead atoms. The fraction of sp³-hybridized carbons (Fsp3) is 0.368. The van der Waals surface area contributed by atoms with Crippen molar-refractivity contribution >= 4 is 5.69 Å². The van der Waals surface area contributed by atoms with E-state index in [2.05, 4.69) is 35.2 Å². The van der Waals surface area contributed by atoms with E-state index >= 15 is 0 Å². The quantitative estimate of drug-likeness (QED) is 0.861. The molecule has 1 aliphatic rings. The molecule has 0 aromatic heterocycles. The van der Waals surface area contributed by atoms with E-state index in [4.69, 9.17) is 10.5 Å². The van der Waals surface area contributed by atoms with Gasteiger partial charge in [0.1, 0.15) is 5.75 Å². The highest BCUT2D eigenvalue weighted by molar-refractivity contribution is 5.54. The van der Waals surface area contributed by atoms with Crippen LogP contribution in [0.1, 0.15) is 23.1 Å². The Hall–Kier alpha value is -2.00. The van der Waals surface area contributed by atoms with Crippen LogP contribution in [0.25, 0.3) is 0 Å². The van der Waals surface area contributed by atoms with Gasteiger partial charge in [0, 0.05) is 13.1 Å². The minimum Gasteiger partial charge on any atom is -0.495 e. The van der Waals surface area contributed by atoms with Gasteiger partial charge in [0.2, 0.25) is 0 Å². The normalized spacial score (nSPS) is 14.6. The number of nitrogen functional groups attached to an aromatic ring is 1. The van der Waals surface area contributed by atoms with Crippen LogP contribution in [0.4, 0.5) is 5.69 Å². The summed E-state index contributed by atoms with van der Waals surface area (Å²) in [6.45, 7) is 3.39. The lowest BCUT2D eigenvalue weighted by Gasteiger charge is -2.28. The molecule has 0 aliphatic carbocycles. The number of benzene rings is 2. The van der Waals surface area contributed by atoms with Crippen molar-refractivity contribution in [1.29, 1.82) is 0 Å². The Morgan fingerprint density at radius 3 is 2.73 bits per heavy atom. The van der Waals surface area contributed by atoms with Gasteiger partial charge in [-0.25, -0.2) is 0 Å². The maximum absolute atomic E-state index is 5.96. The van der Waals surface area contributed by atoms with Gasteiger partial charge in [-0.15, -0.1) is 0 Å². The predicted molar refractivity (Wildman–Crippen MR) is 91.2 cm³/mol. The zero-order valence-corrected chi connectivity index (χ0v) is 13.2. The summed E-state index contributed by atoms with van der Waals surface area (Å²) in [6, 6.07) is 14.9. The Morgan fingerprint density at radius 1 is 1.14 bits per heavy atom. The number of hydrogen-bond acceptors (Lipinski definition) is 3. The first-order valence-electron chi connectivity index (χ1n) is 7.98. The van der Waals surface area contributed by atoms with Gasteiger partial charge in [0.15, 0.2) is 0 Å². The SMILES string of the molecule is COc1ccc(CCCN2CCc3ccccc3C2)cc1N. The van der Waals surface area contributed by atoms with Gasteiger partial charge in [-0.1, -0.05) is 30.3 Å². The van der Waals surface area contributed by atoms with Gasteiger partial charge in [-0.05, 0) is 54.6 Å². The first-order chi connectivity index (χ1) is 10.8. The Balaban J connectivity index is 1.51. The predicted octanol–water partition coefficient (Wildman–Crippen LogP) is 3.27. The second kappa shape index (κ2) is 6.84. The molecular formula is C19H24N2O. The van der Waals surface area contributed by atoms with Gasteiger partial charge in [0.25, 0.3) is 0 Å². The molecule has 0 amide bonds. The molecule has 2 N–H and O–H groups in total. The fourth-order valence-corrected chi connectivity index (χ4v) is 3.19. The molecule has 0 atom stereocenters. The highest BCUT2D eigenvalue weighted by Crippen LogP contribution is 2.23. The standard InChI is InChI=1S/C19H24N2O/c1-22-19-9-8-15(13-18(19)20)5-4-11-21-12-10-16-6-2-3-7-17(16)14-21/h2-3,6-9,13H,4-5,10-12,14,20H2,1H3. The van der Waals surface area contributed by atoms with Crippen LogP contribution in [-0.4, -0.2) is 25.1 Å². The molecule has 0 saturated heterocycles. The fourth-order valence-electron chi connectivity index (χ4n) is 3.19. The molecule has 0 fully saturated rings. The zero-order valence-electron chi connectivity index (χ0n) is 13.2. The average Bonchev–Trinajstić information content (AvgIpc) is 2.55. The Kier molecular flexibility index (Phi) is 4.64. The number of fused-ring (bicyclic) bond motifs is 1. The van der Waals surface area contributed by atoms with E-state index in [0.717, 1.165) is 37.4 Å². The van der Waals surface area contributed by atoms with E-state index < -0.39 is 0 Å². The van der Waals surface area contributed by atoms with E-state index in [9.17, 15) is 0 Å². The van der Waals surface area contributed by atoms with Crippen molar-refractivity contribution < 1.29 is 4.74 Å². The first kappa shape index (κ1) is 14.9. The lowest BCUT2D eigenvalue weighted by atomic mass is 9.99. The van der Waals surface area contributed by atoms with E-state index in [1.165, 1.54) is 29.7 Å². The Morgan fingerprint density at radius 2 is 1.95 bits per heavy atom. The number of aryl methyl sites for hydroxylation is 1. The van der Waals surface area contributed by atoms with E-state index in [1.807, 2.05) is 12.1 Å². The van der Waals surface area contributed by atoms with Crippen LogP contribution in [-0.2, 0) is 19.4 Å². The van der Waals surface area contributed by atoms with Crippen molar-refractivity contribution in [2.75, 3.05) is 25.9 Å². The summed E-state index contributed by atoms with van der Waals surface area (Å²) >= 11 is 0. The molecule has 0 saturated carbocycles. The smallest absolute Gasteiger partial charge is 0.141 e. The molecule has 0 unspecified atom stereocenters. The molecule has 1 heterocycles. The lowest BCUT2D eigenvalue weighted by Crippen LogP contribution is -2.31. The molecular weight excluding hydrogens is 272 g/mol. The average molecular weight is 296 g/mol. The first-order valence-corrected chi connectivity index (χ1v) is 7.98. The van der Waals surface area contributed by atoms with Crippen molar-refractivity contribution in [3.63, 3.8) is 0 Å². The van der Waals surface area contributed by atoms with E-state index in [0.29, 0.717) is 0 Å². The van der Waals surface area contributed by atoms with Crippen LogP contribution in [0.2, 0.25) is 0 Å². The third-order valence-electron chi connectivity index (χ3n) is 4.44. The molecule has 0 radical (unpaired) electrons. The molecule has 22 heavy (non-hydrogen) atoms. The second-order valence-corrected chi connectivity index (χ2v) is 5.97. The maximum atomic E-state index is 5.96. The summed E-state index contributed by atoms with van der Waals surface area (Å²) < 4.78 is 5.20. The van der Waals surface area contributed by atoms with Crippen LogP contribution < -0.4 is 10.5 Å². The summed E-state index contributed by atoms with van der Waals surface area (Å²) in [7, 11) is 1.65. The minimum absolute atomic E-state index is 0.729. The van der Waals surface area contributed by atoms with Gasteiger partial charge in [0.05, 0.1) is 12.8 Å². The number of hydrogen-bond donors (Lipinski definition) is 1. The zero-order chi connectivity index (χ0) is 15.4. The molecule has 3 nitrogen and oxygen atoms in total. The molecule has 3 heteroatoms. The Labute approximate surface area is 132 Å². The van der Waals surface area contributed by atoms with Crippen molar-refractivity contribution in [2.24, 2.45) is 0 Å². The molecule has 1 aliphatic heterocycles. The second-order valence-electron chi connectivity index (χ2n) is 5.97. The molecule has 0 spiro atoms. The topological polar surface area (TPSA) is 38.5 Å². The van der Waals surface area contributed by atoms with Gasteiger partial charge < -0.3 is 10.5 Å². The van der Waals surface area contributed by atoms with Crippen molar-refractivity contribution in [3.05, 3.63) is 59.2 Å².